The molecule has 106 valence electrons. The predicted molar refractivity (Wildman–Crippen MR) is 75.4 cm³/mol. The molecule has 1 aromatic carbocycles. The Morgan fingerprint density at radius 1 is 1.26 bits per heavy atom. The Labute approximate surface area is 115 Å². The van der Waals surface area contributed by atoms with Gasteiger partial charge in [0.2, 0.25) is 0 Å². The highest BCUT2D eigenvalue weighted by molar-refractivity contribution is 5.19. The van der Waals surface area contributed by atoms with Gasteiger partial charge in [0.05, 0.1) is 6.10 Å². The van der Waals surface area contributed by atoms with Crippen molar-refractivity contribution >= 4 is 0 Å². The van der Waals surface area contributed by atoms with E-state index in [4.69, 9.17) is 0 Å². The molecule has 0 radical (unpaired) electrons. The predicted octanol–water partition coefficient (Wildman–Crippen LogP) is 3.37. The summed E-state index contributed by atoms with van der Waals surface area (Å²) in [6.45, 7) is 7.61. The minimum Gasteiger partial charge on any atom is -0.388 e. The fourth-order valence-electron chi connectivity index (χ4n) is 2.59. The molecule has 1 heterocycles. The summed E-state index contributed by atoms with van der Waals surface area (Å²) in [5.41, 5.74) is 0.862. The first-order chi connectivity index (χ1) is 8.98. The normalized spacial score (nSPS) is 21.3. The average Bonchev–Trinajstić information content (AvgIpc) is 2.38. The Bertz CT molecular complexity index is 409. The first-order valence-electron chi connectivity index (χ1n) is 7.13. The van der Waals surface area contributed by atoms with Gasteiger partial charge in [-0.05, 0) is 43.8 Å². The molecule has 0 spiro atoms. The third-order valence-corrected chi connectivity index (χ3v) is 4.19. The van der Waals surface area contributed by atoms with Gasteiger partial charge in [-0.3, -0.25) is 0 Å². The number of benzene rings is 1. The topological polar surface area (TPSA) is 23.5 Å². The summed E-state index contributed by atoms with van der Waals surface area (Å²) >= 11 is 0. The van der Waals surface area contributed by atoms with E-state index in [0.717, 1.165) is 19.6 Å². The van der Waals surface area contributed by atoms with Crippen molar-refractivity contribution in [3.8, 4) is 0 Å². The molecule has 1 unspecified atom stereocenters. The molecular formula is C16H24FNO. The van der Waals surface area contributed by atoms with Crippen molar-refractivity contribution < 1.29 is 9.50 Å². The molecule has 1 atom stereocenters. The zero-order chi connectivity index (χ0) is 13.9. The number of likely N-dealkylation sites (tertiary alicyclic amines) is 1. The summed E-state index contributed by atoms with van der Waals surface area (Å²) in [4.78, 5) is 2.37. The average molecular weight is 265 g/mol. The number of rotatable bonds is 4. The van der Waals surface area contributed by atoms with Gasteiger partial charge in [-0.1, -0.05) is 32.0 Å². The van der Waals surface area contributed by atoms with Crippen molar-refractivity contribution in [2.75, 3.05) is 19.6 Å². The van der Waals surface area contributed by atoms with Crippen LogP contribution in [0, 0.1) is 11.2 Å². The first kappa shape index (κ1) is 14.5. The van der Waals surface area contributed by atoms with Crippen molar-refractivity contribution in [3.05, 3.63) is 35.6 Å². The number of aliphatic hydroxyl groups excluding tert-OH is 1. The van der Waals surface area contributed by atoms with E-state index in [1.165, 1.54) is 18.9 Å². The maximum atomic E-state index is 13.5. The molecule has 3 heteroatoms. The molecule has 1 aromatic rings. The van der Waals surface area contributed by atoms with Gasteiger partial charge in [-0.2, -0.15) is 0 Å². The van der Waals surface area contributed by atoms with Crippen molar-refractivity contribution in [1.82, 2.24) is 4.90 Å². The number of hydrogen-bond acceptors (Lipinski definition) is 2. The van der Waals surface area contributed by atoms with Gasteiger partial charge in [0.15, 0.2) is 0 Å². The van der Waals surface area contributed by atoms with E-state index < -0.39 is 6.10 Å². The fourth-order valence-corrected chi connectivity index (χ4v) is 2.59. The van der Waals surface area contributed by atoms with Crippen LogP contribution in [0.5, 0.6) is 0 Å². The maximum Gasteiger partial charge on any atom is 0.128 e. The molecular weight excluding hydrogens is 241 g/mol. The van der Waals surface area contributed by atoms with Crippen LogP contribution in [-0.4, -0.2) is 29.6 Å². The summed E-state index contributed by atoms with van der Waals surface area (Å²) in [5, 5.41) is 10.1. The first-order valence-corrected chi connectivity index (χ1v) is 7.13. The maximum absolute atomic E-state index is 13.5. The van der Waals surface area contributed by atoms with Crippen molar-refractivity contribution in [3.63, 3.8) is 0 Å². The van der Waals surface area contributed by atoms with Gasteiger partial charge in [-0.25, -0.2) is 4.39 Å². The van der Waals surface area contributed by atoms with Gasteiger partial charge in [0.1, 0.15) is 5.82 Å². The van der Waals surface area contributed by atoms with Crippen LogP contribution in [0.2, 0.25) is 0 Å². The van der Waals surface area contributed by atoms with Gasteiger partial charge >= 0.3 is 0 Å². The lowest BCUT2D eigenvalue weighted by Crippen LogP contribution is -2.38. The minimum atomic E-state index is -0.698. The van der Waals surface area contributed by atoms with E-state index in [0.29, 0.717) is 17.4 Å². The second-order valence-corrected chi connectivity index (χ2v) is 6.33. The van der Waals surface area contributed by atoms with Crippen LogP contribution >= 0.6 is 0 Å². The molecule has 0 aliphatic carbocycles. The summed E-state index contributed by atoms with van der Waals surface area (Å²) in [6.07, 6.45) is 2.29. The highest BCUT2D eigenvalue weighted by Gasteiger charge is 2.25. The highest BCUT2D eigenvalue weighted by Crippen LogP contribution is 2.30. The van der Waals surface area contributed by atoms with Crippen LogP contribution in [0.25, 0.3) is 0 Å². The van der Waals surface area contributed by atoms with Gasteiger partial charge < -0.3 is 10.0 Å². The second-order valence-electron chi connectivity index (χ2n) is 6.33. The Hall–Kier alpha value is -0.930. The third-order valence-electron chi connectivity index (χ3n) is 4.19. The lowest BCUT2D eigenvalue weighted by Gasteiger charge is -2.37. The Balaban J connectivity index is 1.82. The minimum absolute atomic E-state index is 0.310. The molecule has 0 saturated carbocycles. The van der Waals surface area contributed by atoms with Crippen molar-refractivity contribution in [1.29, 1.82) is 0 Å². The van der Waals surface area contributed by atoms with Crippen molar-refractivity contribution in [2.24, 2.45) is 5.41 Å². The fraction of sp³-hybridized carbons (Fsp3) is 0.625. The molecule has 2 nitrogen and oxygen atoms in total. The molecule has 1 N–H and O–H groups in total. The summed E-state index contributed by atoms with van der Waals surface area (Å²) < 4.78 is 13.5. The van der Waals surface area contributed by atoms with E-state index in [2.05, 4.69) is 18.7 Å². The van der Waals surface area contributed by atoms with E-state index in [9.17, 15) is 9.50 Å². The van der Waals surface area contributed by atoms with Crippen LogP contribution in [0.1, 0.15) is 44.8 Å². The third kappa shape index (κ3) is 4.02. The van der Waals surface area contributed by atoms with Crippen LogP contribution in [0.3, 0.4) is 0 Å². The van der Waals surface area contributed by atoms with E-state index in [-0.39, 0.29) is 5.82 Å². The smallest absolute Gasteiger partial charge is 0.128 e. The number of aliphatic hydroxyl groups is 1. The molecule has 0 aromatic heterocycles. The van der Waals surface area contributed by atoms with E-state index in [1.807, 2.05) is 0 Å². The Kier molecular flexibility index (Phi) is 4.58. The summed E-state index contributed by atoms with van der Waals surface area (Å²) in [6, 6.07) is 6.49. The molecule has 0 amide bonds. The van der Waals surface area contributed by atoms with E-state index in [1.54, 1.807) is 18.2 Å². The molecule has 1 saturated heterocycles. The Morgan fingerprint density at radius 2 is 1.89 bits per heavy atom. The second kappa shape index (κ2) is 6.02. The quantitative estimate of drug-likeness (QED) is 0.902. The lowest BCUT2D eigenvalue weighted by atomic mass is 9.82. The molecule has 1 aliphatic heterocycles. The zero-order valence-corrected chi connectivity index (χ0v) is 11.9. The van der Waals surface area contributed by atoms with Crippen LogP contribution in [0.15, 0.2) is 24.3 Å². The van der Waals surface area contributed by atoms with Crippen LogP contribution in [0.4, 0.5) is 4.39 Å². The van der Waals surface area contributed by atoms with Crippen molar-refractivity contribution in [2.45, 2.75) is 39.2 Å². The van der Waals surface area contributed by atoms with Gasteiger partial charge in [0, 0.05) is 12.1 Å². The van der Waals surface area contributed by atoms with Gasteiger partial charge in [-0.15, -0.1) is 0 Å². The summed E-state index contributed by atoms with van der Waals surface area (Å²) in [5.74, 6) is -0.310. The summed E-state index contributed by atoms with van der Waals surface area (Å²) in [7, 11) is 0. The number of hydrogen-bond donors (Lipinski definition) is 1. The molecule has 19 heavy (non-hydrogen) atoms. The largest absolute Gasteiger partial charge is 0.388 e. The standard InChI is InChI=1S/C16H24FNO/c1-16(2)8-11-18(12-9-16)10-7-15(19)13-5-3-4-6-14(13)17/h3-6,15,19H,7-12H2,1-2H3. The highest BCUT2D eigenvalue weighted by atomic mass is 19.1. The SMILES string of the molecule is CC1(C)CCN(CCC(O)c2ccccc2F)CC1. The molecule has 1 aliphatic rings. The van der Waals surface area contributed by atoms with Crippen LogP contribution < -0.4 is 0 Å². The Morgan fingerprint density at radius 3 is 2.53 bits per heavy atom. The monoisotopic (exact) mass is 265 g/mol. The number of nitrogens with zero attached hydrogens (tertiary/aromatic N) is 1. The lowest BCUT2D eigenvalue weighted by molar-refractivity contribution is 0.0999. The molecule has 1 fully saturated rings. The number of halogens is 1. The van der Waals surface area contributed by atoms with Crippen LogP contribution in [-0.2, 0) is 0 Å². The molecule has 0 bridgehead atoms. The molecule has 2 rings (SSSR count). The van der Waals surface area contributed by atoms with E-state index >= 15 is 0 Å². The van der Waals surface area contributed by atoms with Gasteiger partial charge in [0.25, 0.3) is 0 Å². The zero-order valence-electron chi connectivity index (χ0n) is 11.9. The number of piperidine rings is 1.